The molecule has 0 radical (unpaired) electrons. The Balaban J connectivity index is 1.24. The molecule has 4 fully saturated rings. The number of alkyl halides is 1. The van der Waals surface area contributed by atoms with Crippen LogP contribution >= 0.6 is 11.6 Å². The molecule has 9 heteroatoms. The molecule has 0 spiro atoms. The van der Waals surface area contributed by atoms with Gasteiger partial charge in [0.15, 0.2) is 5.82 Å². The van der Waals surface area contributed by atoms with Crippen LogP contribution in [0.4, 0.5) is 14.6 Å². The van der Waals surface area contributed by atoms with Crippen molar-refractivity contribution in [1.29, 1.82) is 0 Å². The molecule has 4 saturated heterocycles. The number of hydrogen-bond donors (Lipinski definition) is 1. The first kappa shape index (κ1) is 26.1. The lowest BCUT2D eigenvalue weighted by Gasteiger charge is -2.35. The van der Waals surface area contributed by atoms with Crippen molar-refractivity contribution in [1.82, 2.24) is 20.2 Å². The van der Waals surface area contributed by atoms with Crippen molar-refractivity contribution in [3.63, 3.8) is 0 Å². The molecule has 4 aliphatic heterocycles. The Morgan fingerprint density at radius 2 is 1.90 bits per heavy atom. The Hall–Kier alpha value is -2.55. The van der Waals surface area contributed by atoms with E-state index in [1.807, 2.05) is 18.2 Å². The highest BCUT2D eigenvalue weighted by atomic mass is 35.5. The standard InChI is InChI=1S/C32H36ClF2N5O/c33-26-13-25-29(28(35)27(26)24-8-3-6-19-5-1-2-7-23(19)24)37-31(38-30(25)39-16-21-9-10-22(17-39)36-21)41-18-32-11-4-12-40(32)15-20(34)14-32/h3,6,8,13,20-22,36H,1-2,4-5,7,9-12,14-18H2/t20-,21?,22?,32+/m1/s1. The summed E-state index contributed by atoms with van der Waals surface area (Å²) in [6.07, 6.45) is 7.93. The monoisotopic (exact) mass is 579 g/mol. The van der Waals surface area contributed by atoms with Crippen LogP contribution in [-0.2, 0) is 12.8 Å². The number of hydrogen-bond acceptors (Lipinski definition) is 6. The summed E-state index contributed by atoms with van der Waals surface area (Å²) < 4.78 is 37.5. The maximum atomic E-state index is 16.8. The van der Waals surface area contributed by atoms with Gasteiger partial charge in [0.2, 0.25) is 0 Å². The zero-order chi connectivity index (χ0) is 27.7. The summed E-state index contributed by atoms with van der Waals surface area (Å²) >= 11 is 6.93. The second kappa shape index (κ2) is 10.0. The van der Waals surface area contributed by atoms with Gasteiger partial charge in [0.1, 0.15) is 24.1 Å². The fourth-order valence-electron chi connectivity index (χ4n) is 8.35. The number of aryl methyl sites for hydroxylation is 1. The number of piperazine rings is 1. The van der Waals surface area contributed by atoms with Crippen molar-refractivity contribution in [2.75, 3.05) is 37.7 Å². The van der Waals surface area contributed by atoms with Gasteiger partial charge in [0.05, 0.1) is 10.6 Å². The van der Waals surface area contributed by atoms with Gasteiger partial charge in [0, 0.05) is 49.1 Å². The summed E-state index contributed by atoms with van der Waals surface area (Å²) in [5.74, 6) is 0.241. The molecule has 2 unspecified atom stereocenters. The van der Waals surface area contributed by atoms with Gasteiger partial charge in [0.25, 0.3) is 0 Å². The largest absolute Gasteiger partial charge is 0.461 e. The summed E-state index contributed by atoms with van der Waals surface area (Å²) in [5.41, 5.74) is 3.63. The lowest BCUT2D eigenvalue weighted by Crippen LogP contribution is -2.51. The summed E-state index contributed by atoms with van der Waals surface area (Å²) in [5, 5.41) is 4.66. The first-order chi connectivity index (χ1) is 20.0. The molecule has 41 heavy (non-hydrogen) atoms. The molecule has 0 amide bonds. The molecule has 3 aromatic rings. The predicted molar refractivity (Wildman–Crippen MR) is 157 cm³/mol. The Morgan fingerprint density at radius 1 is 1.07 bits per heavy atom. The van der Waals surface area contributed by atoms with Crippen molar-refractivity contribution >= 4 is 28.3 Å². The summed E-state index contributed by atoms with van der Waals surface area (Å²) in [4.78, 5) is 14.0. The topological polar surface area (TPSA) is 53.5 Å². The van der Waals surface area contributed by atoms with Crippen LogP contribution in [0.15, 0.2) is 24.3 Å². The second-order valence-corrected chi connectivity index (χ2v) is 13.2. The molecule has 5 heterocycles. The van der Waals surface area contributed by atoms with E-state index in [9.17, 15) is 4.39 Å². The number of fused-ring (bicyclic) bond motifs is 5. The highest BCUT2D eigenvalue weighted by molar-refractivity contribution is 6.34. The SMILES string of the molecule is Fc1c(-c2cccc3c2CCCC3)c(Cl)cc2c(N3CC4CCC(C3)N4)nc(OC[C@@]34CCCN3C[C@H](F)C4)nc12. The summed E-state index contributed by atoms with van der Waals surface area (Å²) in [6.45, 7) is 3.22. The summed E-state index contributed by atoms with van der Waals surface area (Å²) in [6, 6.07) is 8.89. The minimum absolute atomic E-state index is 0.157. The van der Waals surface area contributed by atoms with E-state index in [0.29, 0.717) is 53.4 Å². The van der Waals surface area contributed by atoms with Crippen molar-refractivity contribution < 1.29 is 13.5 Å². The second-order valence-electron chi connectivity index (χ2n) is 12.8. The van der Waals surface area contributed by atoms with Crippen LogP contribution in [0.1, 0.15) is 56.1 Å². The molecule has 4 atom stereocenters. The van der Waals surface area contributed by atoms with E-state index in [1.165, 1.54) is 11.1 Å². The molecule has 6 nitrogen and oxygen atoms in total. The minimum atomic E-state index is -0.845. The molecule has 8 rings (SSSR count). The van der Waals surface area contributed by atoms with E-state index in [-0.39, 0.29) is 17.1 Å². The van der Waals surface area contributed by atoms with Crippen molar-refractivity contribution in [2.45, 2.75) is 81.6 Å². The molecule has 216 valence electrons. The molecule has 2 aromatic carbocycles. The van der Waals surface area contributed by atoms with Gasteiger partial charge < -0.3 is 15.0 Å². The van der Waals surface area contributed by atoms with Gasteiger partial charge >= 0.3 is 6.01 Å². The van der Waals surface area contributed by atoms with Crippen LogP contribution in [-0.4, -0.2) is 71.4 Å². The van der Waals surface area contributed by atoms with Gasteiger partial charge in [-0.15, -0.1) is 0 Å². The first-order valence-corrected chi connectivity index (χ1v) is 15.7. The van der Waals surface area contributed by atoms with E-state index in [4.69, 9.17) is 26.3 Å². The smallest absolute Gasteiger partial charge is 0.319 e. The van der Waals surface area contributed by atoms with Crippen LogP contribution in [0.25, 0.3) is 22.0 Å². The molecular formula is C32H36ClF2N5O. The average molecular weight is 580 g/mol. The molecule has 2 bridgehead atoms. The van der Waals surface area contributed by atoms with E-state index in [0.717, 1.165) is 76.6 Å². The normalized spacial score (nSPS) is 29.2. The molecular weight excluding hydrogens is 544 g/mol. The van der Waals surface area contributed by atoms with E-state index in [1.54, 1.807) is 0 Å². The van der Waals surface area contributed by atoms with Crippen LogP contribution in [0.5, 0.6) is 6.01 Å². The first-order valence-electron chi connectivity index (χ1n) is 15.3. The van der Waals surface area contributed by atoms with Gasteiger partial charge in [-0.3, -0.25) is 4.90 Å². The van der Waals surface area contributed by atoms with Crippen LogP contribution in [0, 0.1) is 5.82 Å². The number of benzene rings is 2. The highest BCUT2D eigenvalue weighted by Gasteiger charge is 2.49. The maximum Gasteiger partial charge on any atom is 0.319 e. The number of aromatic nitrogens is 2. The van der Waals surface area contributed by atoms with E-state index < -0.39 is 12.0 Å². The lowest BCUT2D eigenvalue weighted by molar-refractivity contribution is 0.107. The maximum absolute atomic E-state index is 16.8. The Bertz CT molecular complexity index is 1510. The fraction of sp³-hybridized carbons (Fsp3) is 0.562. The number of nitrogens with zero attached hydrogens (tertiary/aromatic N) is 4. The third kappa shape index (κ3) is 4.40. The molecule has 1 aliphatic carbocycles. The third-order valence-electron chi connectivity index (χ3n) is 10.3. The van der Waals surface area contributed by atoms with Crippen LogP contribution in [0.2, 0.25) is 5.02 Å². The molecule has 5 aliphatic rings. The van der Waals surface area contributed by atoms with Gasteiger partial charge in [-0.05, 0) is 80.7 Å². The fourth-order valence-corrected chi connectivity index (χ4v) is 8.64. The third-order valence-corrected chi connectivity index (χ3v) is 10.6. The lowest BCUT2D eigenvalue weighted by atomic mass is 9.85. The van der Waals surface area contributed by atoms with Gasteiger partial charge in [-0.2, -0.15) is 9.97 Å². The molecule has 1 N–H and O–H groups in total. The van der Waals surface area contributed by atoms with Crippen molar-refractivity contribution in [3.8, 4) is 17.1 Å². The predicted octanol–water partition coefficient (Wildman–Crippen LogP) is 5.86. The van der Waals surface area contributed by atoms with Crippen LogP contribution < -0.4 is 15.0 Å². The van der Waals surface area contributed by atoms with E-state index in [2.05, 4.69) is 21.2 Å². The number of anilines is 1. The molecule has 0 saturated carbocycles. The zero-order valence-corrected chi connectivity index (χ0v) is 24.0. The summed E-state index contributed by atoms with van der Waals surface area (Å²) in [7, 11) is 0. The highest BCUT2D eigenvalue weighted by Crippen LogP contribution is 2.43. The van der Waals surface area contributed by atoms with Crippen LogP contribution in [0.3, 0.4) is 0 Å². The molecule has 1 aromatic heterocycles. The minimum Gasteiger partial charge on any atom is -0.461 e. The van der Waals surface area contributed by atoms with E-state index >= 15 is 4.39 Å². The number of halogens is 3. The number of nitrogens with one attached hydrogen (secondary N) is 1. The van der Waals surface area contributed by atoms with Crippen molar-refractivity contribution in [3.05, 3.63) is 46.2 Å². The Kier molecular flexibility index (Phi) is 6.38. The Labute approximate surface area is 244 Å². The van der Waals surface area contributed by atoms with Crippen molar-refractivity contribution in [2.24, 2.45) is 0 Å². The quantitative estimate of drug-likeness (QED) is 0.408. The number of ether oxygens (including phenoxy) is 1. The number of rotatable bonds is 5. The Morgan fingerprint density at radius 3 is 2.76 bits per heavy atom. The average Bonchev–Trinajstić information content (AvgIpc) is 3.62. The zero-order valence-electron chi connectivity index (χ0n) is 23.3. The van der Waals surface area contributed by atoms with Gasteiger partial charge in [-0.1, -0.05) is 29.8 Å². The van der Waals surface area contributed by atoms with Gasteiger partial charge in [-0.25, -0.2) is 8.78 Å².